The molecule has 0 aliphatic heterocycles. The Morgan fingerprint density at radius 3 is 2.53 bits per heavy atom. The first-order valence-electron chi connectivity index (χ1n) is 10.2. The van der Waals surface area contributed by atoms with Crippen molar-refractivity contribution in [1.29, 1.82) is 0 Å². The summed E-state index contributed by atoms with van der Waals surface area (Å²) >= 11 is 5.98. The fourth-order valence-electron chi connectivity index (χ4n) is 3.26. The molecule has 4 aromatic rings. The predicted molar refractivity (Wildman–Crippen MR) is 129 cm³/mol. The van der Waals surface area contributed by atoms with Gasteiger partial charge in [-0.15, -0.1) is 11.6 Å². The minimum atomic E-state index is 0.100. The van der Waals surface area contributed by atoms with E-state index in [9.17, 15) is 0 Å². The molecular formula is C23H25ClN8. The number of pyridine rings is 2. The number of rotatable bonds is 6. The van der Waals surface area contributed by atoms with Gasteiger partial charge in [0.05, 0.1) is 17.0 Å². The second kappa shape index (κ2) is 8.86. The second-order valence-corrected chi connectivity index (χ2v) is 7.94. The lowest BCUT2D eigenvalue weighted by Gasteiger charge is -2.19. The first kappa shape index (κ1) is 21.6. The average Bonchev–Trinajstić information content (AvgIpc) is 3.17. The molecule has 32 heavy (non-hydrogen) atoms. The average molecular weight is 449 g/mol. The van der Waals surface area contributed by atoms with Gasteiger partial charge < -0.3 is 16.5 Å². The van der Waals surface area contributed by atoms with Crippen LogP contribution in [0.25, 0.3) is 33.9 Å². The van der Waals surface area contributed by atoms with Crippen molar-refractivity contribution in [3.8, 4) is 17.1 Å². The van der Waals surface area contributed by atoms with Crippen LogP contribution in [0.5, 0.6) is 0 Å². The second-order valence-electron chi connectivity index (χ2n) is 7.67. The number of nitrogens with two attached hydrogens (primary N) is 3. The van der Waals surface area contributed by atoms with Crippen LogP contribution in [0.2, 0.25) is 0 Å². The van der Waals surface area contributed by atoms with Gasteiger partial charge in [-0.3, -0.25) is 4.57 Å². The highest BCUT2D eigenvalue weighted by molar-refractivity contribution is 6.17. The molecule has 0 radical (unpaired) electrons. The largest absolute Gasteiger partial charge is 0.396 e. The highest BCUT2D eigenvalue weighted by Crippen LogP contribution is 2.31. The van der Waals surface area contributed by atoms with E-state index >= 15 is 0 Å². The summed E-state index contributed by atoms with van der Waals surface area (Å²) in [5.74, 6) is 7.47. The molecule has 8 nitrogen and oxygen atoms in total. The maximum Gasteiger partial charge on any atom is 0.165 e. The molecule has 0 aliphatic rings. The van der Waals surface area contributed by atoms with Crippen LogP contribution in [0.15, 0.2) is 60.9 Å². The number of halogens is 1. The van der Waals surface area contributed by atoms with Gasteiger partial charge in [0.25, 0.3) is 0 Å². The van der Waals surface area contributed by atoms with Gasteiger partial charge in [-0.2, -0.15) is 0 Å². The quantitative estimate of drug-likeness (QED) is 0.233. The molecule has 0 bridgehead atoms. The van der Waals surface area contributed by atoms with Gasteiger partial charge in [-0.25, -0.2) is 20.8 Å². The van der Waals surface area contributed by atoms with Crippen molar-refractivity contribution >= 4 is 34.3 Å². The normalized spacial score (nSPS) is 12.0. The molecule has 0 aliphatic carbocycles. The fourth-order valence-corrected chi connectivity index (χ4v) is 3.44. The Balaban J connectivity index is 1.95. The van der Waals surface area contributed by atoms with Crippen LogP contribution in [0, 0.1) is 0 Å². The number of benzene rings is 1. The summed E-state index contributed by atoms with van der Waals surface area (Å²) in [7, 11) is 0. The van der Waals surface area contributed by atoms with Crippen LogP contribution < -0.4 is 17.3 Å². The lowest BCUT2D eigenvalue weighted by Crippen LogP contribution is -2.33. The van der Waals surface area contributed by atoms with Crippen LogP contribution in [0.4, 0.5) is 5.82 Å². The van der Waals surface area contributed by atoms with Gasteiger partial charge in [0.2, 0.25) is 0 Å². The van der Waals surface area contributed by atoms with E-state index < -0.39 is 0 Å². The van der Waals surface area contributed by atoms with E-state index in [1.54, 1.807) is 17.4 Å². The third kappa shape index (κ3) is 4.10. The maximum atomic E-state index is 6.30. The van der Waals surface area contributed by atoms with E-state index in [4.69, 9.17) is 38.9 Å². The lowest BCUT2D eigenvalue weighted by molar-refractivity contribution is 0.323. The smallest absolute Gasteiger partial charge is 0.165 e. The number of anilines is 1. The van der Waals surface area contributed by atoms with E-state index in [2.05, 4.69) is 4.98 Å². The molecule has 0 atom stereocenters. The molecule has 1 aromatic carbocycles. The molecule has 0 unspecified atom stereocenters. The third-order valence-corrected chi connectivity index (χ3v) is 5.42. The molecule has 3 aromatic heterocycles. The van der Waals surface area contributed by atoms with Crippen molar-refractivity contribution in [3.63, 3.8) is 0 Å². The topological polar surface area (TPSA) is 125 Å². The predicted octanol–water partition coefficient (Wildman–Crippen LogP) is 3.64. The summed E-state index contributed by atoms with van der Waals surface area (Å²) < 4.78 is 1.94. The van der Waals surface area contributed by atoms with E-state index in [1.807, 2.05) is 66.9 Å². The third-order valence-electron chi connectivity index (χ3n) is 5.11. The Labute approximate surface area is 191 Å². The summed E-state index contributed by atoms with van der Waals surface area (Å²) in [6.07, 6.45) is 3.32. The summed E-state index contributed by atoms with van der Waals surface area (Å²) in [6, 6.07) is 15.4. The maximum absolute atomic E-state index is 6.30. The molecule has 0 fully saturated rings. The van der Waals surface area contributed by atoms with Crippen LogP contribution in [-0.4, -0.2) is 30.6 Å². The van der Waals surface area contributed by atoms with Gasteiger partial charge in [0, 0.05) is 30.0 Å². The van der Waals surface area contributed by atoms with Gasteiger partial charge in [-0.05, 0) is 55.8 Å². The number of nitrogen functional groups attached to an aromatic ring is 1. The van der Waals surface area contributed by atoms with Crippen LogP contribution in [-0.2, 0) is 5.88 Å². The molecule has 0 spiro atoms. The van der Waals surface area contributed by atoms with E-state index in [-0.39, 0.29) is 6.04 Å². The zero-order valence-electron chi connectivity index (χ0n) is 17.9. The number of nitrogens with zero attached hydrogens (tertiary/aromatic N) is 5. The zero-order valence-corrected chi connectivity index (χ0v) is 18.7. The van der Waals surface area contributed by atoms with Crippen LogP contribution in [0.1, 0.15) is 25.1 Å². The Kier molecular flexibility index (Phi) is 5.98. The molecule has 4 rings (SSSR count). The number of imidazole rings is 1. The van der Waals surface area contributed by atoms with Crippen molar-refractivity contribution in [2.45, 2.75) is 25.8 Å². The highest BCUT2D eigenvalue weighted by atomic mass is 35.5. The van der Waals surface area contributed by atoms with Gasteiger partial charge in [-0.1, -0.05) is 12.1 Å². The van der Waals surface area contributed by atoms with Gasteiger partial charge in [0.1, 0.15) is 11.3 Å². The molecule has 3 heterocycles. The number of hydrogen-bond acceptors (Lipinski definition) is 7. The molecule has 9 heteroatoms. The minimum Gasteiger partial charge on any atom is -0.396 e. The SMILES string of the molecule is CC(C)N(N)/C=C(\N)c1ccc2nc(-c3cccnc3N)n(-c3ccc(CCl)cc3)c2n1. The van der Waals surface area contributed by atoms with Crippen molar-refractivity contribution in [3.05, 3.63) is 72.2 Å². The Morgan fingerprint density at radius 2 is 1.88 bits per heavy atom. The molecule has 0 saturated heterocycles. The standard InChI is InChI=1S/C23H25ClN8/c1-14(2)31(27)13-18(25)19-9-10-20-23(29-19)32(16-7-5-15(12-24)6-8-16)22(30-20)17-4-3-11-28-21(17)26/h3-11,13-14H,12,25,27H2,1-2H3,(H2,26,28)/b18-13-. The lowest BCUT2D eigenvalue weighted by atomic mass is 10.2. The van der Waals surface area contributed by atoms with Crippen molar-refractivity contribution in [2.24, 2.45) is 11.6 Å². The summed E-state index contributed by atoms with van der Waals surface area (Å²) in [6.45, 7) is 3.95. The van der Waals surface area contributed by atoms with Crippen molar-refractivity contribution in [1.82, 2.24) is 24.5 Å². The number of hydrazine groups is 1. The molecule has 6 N–H and O–H groups in total. The number of alkyl halides is 1. The van der Waals surface area contributed by atoms with Crippen molar-refractivity contribution in [2.75, 3.05) is 5.73 Å². The first-order chi connectivity index (χ1) is 15.4. The highest BCUT2D eigenvalue weighted by Gasteiger charge is 2.19. The Hall–Kier alpha value is -3.62. The number of fused-ring (bicyclic) bond motifs is 1. The van der Waals surface area contributed by atoms with Crippen LogP contribution >= 0.6 is 11.6 Å². The first-order valence-corrected chi connectivity index (χ1v) is 10.7. The number of hydrogen-bond donors (Lipinski definition) is 3. The monoisotopic (exact) mass is 448 g/mol. The zero-order chi connectivity index (χ0) is 22.8. The minimum absolute atomic E-state index is 0.100. The Morgan fingerprint density at radius 1 is 1.12 bits per heavy atom. The number of aromatic nitrogens is 4. The summed E-state index contributed by atoms with van der Waals surface area (Å²) in [4.78, 5) is 13.9. The van der Waals surface area contributed by atoms with Gasteiger partial charge >= 0.3 is 0 Å². The van der Waals surface area contributed by atoms with Crippen LogP contribution in [0.3, 0.4) is 0 Å². The molecule has 0 saturated carbocycles. The fraction of sp³-hybridized carbons (Fsp3) is 0.174. The molecular weight excluding hydrogens is 424 g/mol. The summed E-state index contributed by atoms with van der Waals surface area (Å²) in [5.41, 5.74) is 17.5. The van der Waals surface area contributed by atoms with Crippen molar-refractivity contribution < 1.29 is 0 Å². The summed E-state index contributed by atoms with van der Waals surface area (Å²) in [5, 5.41) is 1.55. The molecule has 164 valence electrons. The molecule has 0 amide bonds. The van der Waals surface area contributed by atoms with E-state index in [0.717, 1.165) is 11.3 Å². The Bertz CT molecular complexity index is 1280. The van der Waals surface area contributed by atoms with E-state index in [1.165, 1.54) is 0 Å². The van der Waals surface area contributed by atoms with E-state index in [0.29, 0.717) is 45.6 Å². The van der Waals surface area contributed by atoms with Gasteiger partial charge in [0.15, 0.2) is 11.5 Å².